The number of carbonyl (C=O) groups excluding carboxylic acids is 1. The standard InChI is InChI=1S/C25H33N3O3/c1-16-6-7-17(2)20(14-16)27-25(31)19-10-8-18(9-11-19)15-26-21-22(24(30)23(21)29)28-12-4-3-5-13-28/h6-7,14,18-19,26H,3-5,8-13,15H2,1-2H3,(H,27,31). The van der Waals surface area contributed by atoms with Gasteiger partial charge in [-0.05, 0) is 81.9 Å². The highest BCUT2D eigenvalue weighted by molar-refractivity contribution is 5.93. The van der Waals surface area contributed by atoms with Crippen LogP contribution in [0, 0.1) is 25.7 Å². The van der Waals surface area contributed by atoms with Crippen LogP contribution in [0.1, 0.15) is 56.1 Å². The number of benzene rings is 1. The highest BCUT2D eigenvalue weighted by Gasteiger charge is 2.29. The summed E-state index contributed by atoms with van der Waals surface area (Å²) in [4.78, 5) is 39.0. The van der Waals surface area contributed by atoms with Gasteiger partial charge >= 0.3 is 0 Å². The zero-order valence-corrected chi connectivity index (χ0v) is 18.6. The van der Waals surface area contributed by atoms with Gasteiger partial charge in [-0.15, -0.1) is 0 Å². The van der Waals surface area contributed by atoms with Gasteiger partial charge in [-0.2, -0.15) is 0 Å². The molecule has 2 aromatic rings. The molecule has 1 saturated heterocycles. The summed E-state index contributed by atoms with van der Waals surface area (Å²) in [5.74, 6) is 0.560. The molecule has 2 aliphatic rings. The molecule has 166 valence electrons. The summed E-state index contributed by atoms with van der Waals surface area (Å²) < 4.78 is 0. The van der Waals surface area contributed by atoms with Gasteiger partial charge in [0.05, 0.1) is 0 Å². The maximum Gasteiger partial charge on any atom is 0.253 e. The third-order valence-corrected chi connectivity index (χ3v) is 6.99. The summed E-state index contributed by atoms with van der Waals surface area (Å²) in [5.41, 5.74) is 3.53. The fraction of sp³-hybridized carbons (Fsp3) is 0.560. The third-order valence-electron chi connectivity index (χ3n) is 6.99. The van der Waals surface area contributed by atoms with Crippen molar-refractivity contribution in [2.75, 3.05) is 35.2 Å². The summed E-state index contributed by atoms with van der Waals surface area (Å²) in [5, 5.41) is 6.39. The molecule has 0 unspecified atom stereocenters. The van der Waals surface area contributed by atoms with Crippen molar-refractivity contribution in [2.45, 2.75) is 58.8 Å². The number of amides is 1. The molecular formula is C25H33N3O3. The normalized spacial score (nSPS) is 21.8. The molecule has 1 amide bonds. The van der Waals surface area contributed by atoms with E-state index in [1.54, 1.807) is 0 Å². The van der Waals surface area contributed by atoms with Crippen LogP contribution in [0.2, 0.25) is 0 Å². The number of aryl methyl sites for hydroxylation is 2. The maximum atomic E-state index is 12.7. The second-order valence-corrected chi connectivity index (χ2v) is 9.34. The minimum atomic E-state index is -0.373. The van der Waals surface area contributed by atoms with E-state index in [9.17, 15) is 14.4 Å². The van der Waals surface area contributed by atoms with Crippen molar-refractivity contribution in [3.05, 3.63) is 49.8 Å². The van der Waals surface area contributed by atoms with E-state index in [1.807, 2.05) is 26.0 Å². The summed E-state index contributed by atoms with van der Waals surface area (Å²) in [6.07, 6.45) is 6.95. The highest BCUT2D eigenvalue weighted by Crippen LogP contribution is 2.31. The average Bonchev–Trinajstić information content (AvgIpc) is 2.79. The molecule has 1 saturated carbocycles. The second kappa shape index (κ2) is 9.25. The number of rotatable bonds is 6. The molecule has 1 aliphatic carbocycles. The molecule has 1 heterocycles. The molecular weight excluding hydrogens is 390 g/mol. The van der Waals surface area contributed by atoms with Gasteiger partial charge < -0.3 is 15.5 Å². The van der Waals surface area contributed by atoms with Crippen molar-refractivity contribution in [1.29, 1.82) is 0 Å². The van der Waals surface area contributed by atoms with Gasteiger partial charge in [0.15, 0.2) is 0 Å². The Labute approximate surface area is 183 Å². The molecule has 0 bridgehead atoms. The molecule has 0 aromatic heterocycles. The number of carbonyl (C=O) groups is 1. The molecule has 2 aromatic carbocycles. The first-order valence-corrected chi connectivity index (χ1v) is 11.6. The zero-order chi connectivity index (χ0) is 22.0. The molecule has 2 fully saturated rings. The van der Waals surface area contributed by atoms with Crippen molar-refractivity contribution in [3.8, 4) is 0 Å². The molecule has 4 rings (SSSR count). The van der Waals surface area contributed by atoms with E-state index in [-0.39, 0.29) is 22.7 Å². The SMILES string of the molecule is Cc1ccc(C)c(NC(=O)C2CCC(CNc3c(N4CCCCC4)c(=O)c3=O)CC2)c1. The number of nitrogens with one attached hydrogen (secondary N) is 2. The predicted octanol–water partition coefficient (Wildman–Crippen LogP) is 3.75. The monoisotopic (exact) mass is 423 g/mol. The Balaban J connectivity index is 1.28. The predicted molar refractivity (Wildman–Crippen MR) is 126 cm³/mol. The van der Waals surface area contributed by atoms with Crippen LogP contribution in [0.3, 0.4) is 0 Å². The van der Waals surface area contributed by atoms with Crippen molar-refractivity contribution in [3.63, 3.8) is 0 Å². The molecule has 31 heavy (non-hydrogen) atoms. The minimum absolute atomic E-state index is 0.0335. The van der Waals surface area contributed by atoms with Gasteiger partial charge in [0.2, 0.25) is 5.91 Å². The van der Waals surface area contributed by atoms with Gasteiger partial charge in [0, 0.05) is 31.2 Å². The van der Waals surface area contributed by atoms with E-state index >= 15 is 0 Å². The Hall–Kier alpha value is -2.63. The van der Waals surface area contributed by atoms with Crippen LogP contribution in [0.4, 0.5) is 17.1 Å². The van der Waals surface area contributed by atoms with Crippen LogP contribution in [0.5, 0.6) is 0 Å². The number of nitrogens with zero attached hydrogens (tertiary/aromatic N) is 1. The molecule has 2 N–H and O–H groups in total. The van der Waals surface area contributed by atoms with E-state index in [0.29, 0.717) is 23.8 Å². The summed E-state index contributed by atoms with van der Waals surface area (Å²) >= 11 is 0. The summed E-state index contributed by atoms with van der Waals surface area (Å²) in [6, 6.07) is 6.11. The fourth-order valence-corrected chi connectivity index (χ4v) is 4.94. The van der Waals surface area contributed by atoms with Crippen LogP contribution < -0.4 is 26.4 Å². The molecule has 0 atom stereocenters. The van der Waals surface area contributed by atoms with E-state index in [4.69, 9.17) is 0 Å². The van der Waals surface area contributed by atoms with Crippen LogP contribution in [0.25, 0.3) is 0 Å². The lowest BCUT2D eigenvalue weighted by Crippen LogP contribution is -2.45. The summed E-state index contributed by atoms with van der Waals surface area (Å²) in [7, 11) is 0. The third kappa shape index (κ3) is 4.68. The van der Waals surface area contributed by atoms with E-state index in [0.717, 1.165) is 68.4 Å². The Kier molecular flexibility index (Phi) is 6.44. The van der Waals surface area contributed by atoms with E-state index in [2.05, 4.69) is 21.6 Å². The zero-order valence-electron chi connectivity index (χ0n) is 18.6. The first kappa shape index (κ1) is 21.6. The fourth-order valence-electron chi connectivity index (χ4n) is 4.94. The number of hydrogen-bond donors (Lipinski definition) is 2. The van der Waals surface area contributed by atoms with Crippen LogP contribution in [-0.2, 0) is 4.79 Å². The van der Waals surface area contributed by atoms with Crippen LogP contribution in [0.15, 0.2) is 27.8 Å². The lowest BCUT2D eigenvalue weighted by atomic mass is 9.81. The first-order chi connectivity index (χ1) is 14.9. The van der Waals surface area contributed by atoms with Gasteiger partial charge in [-0.3, -0.25) is 14.4 Å². The second-order valence-electron chi connectivity index (χ2n) is 9.34. The Morgan fingerprint density at radius 3 is 2.42 bits per heavy atom. The number of anilines is 3. The molecule has 0 radical (unpaired) electrons. The Bertz CT molecular complexity index is 1010. The van der Waals surface area contributed by atoms with E-state index < -0.39 is 0 Å². The number of hydrogen-bond acceptors (Lipinski definition) is 5. The topological polar surface area (TPSA) is 78.5 Å². The number of piperidine rings is 1. The van der Waals surface area contributed by atoms with Gasteiger partial charge in [-0.1, -0.05) is 12.1 Å². The molecule has 6 nitrogen and oxygen atoms in total. The Morgan fingerprint density at radius 1 is 1.00 bits per heavy atom. The quantitative estimate of drug-likeness (QED) is 0.692. The van der Waals surface area contributed by atoms with Crippen molar-refractivity contribution >= 4 is 23.0 Å². The van der Waals surface area contributed by atoms with Crippen molar-refractivity contribution < 1.29 is 4.79 Å². The van der Waals surface area contributed by atoms with Gasteiger partial charge in [0.1, 0.15) is 11.4 Å². The first-order valence-electron chi connectivity index (χ1n) is 11.6. The van der Waals surface area contributed by atoms with Crippen LogP contribution >= 0.6 is 0 Å². The smallest absolute Gasteiger partial charge is 0.253 e. The average molecular weight is 424 g/mol. The lowest BCUT2D eigenvalue weighted by molar-refractivity contribution is -0.121. The lowest BCUT2D eigenvalue weighted by Gasteiger charge is -2.32. The van der Waals surface area contributed by atoms with Crippen LogP contribution in [-0.4, -0.2) is 25.5 Å². The molecule has 0 spiro atoms. The highest BCUT2D eigenvalue weighted by atomic mass is 16.2. The van der Waals surface area contributed by atoms with Crippen molar-refractivity contribution in [2.24, 2.45) is 11.8 Å². The Morgan fingerprint density at radius 2 is 1.71 bits per heavy atom. The minimum Gasteiger partial charge on any atom is -0.380 e. The summed E-state index contributed by atoms with van der Waals surface area (Å²) in [6.45, 7) is 6.45. The van der Waals surface area contributed by atoms with Gasteiger partial charge in [0.25, 0.3) is 10.9 Å². The van der Waals surface area contributed by atoms with Gasteiger partial charge in [-0.25, -0.2) is 0 Å². The maximum absolute atomic E-state index is 12.7. The molecule has 6 heteroatoms. The largest absolute Gasteiger partial charge is 0.380 e. The van der Waals surface area contributed by atoms with Crippen molar-refractivity contribution in [1.82, 2.24) is 0 Å². The van der Waals surface area contributed by atoms with E-state index in [1.165, 1.54) is 6.42 Å². The molecule has 1 aliphatic heterocycles.